The van der Waals surface area contributed by atoms with Gasteiger partial charge >= 0.3 is 0 Å². The minimum Gasteiger partial charge on any atom is -0.344 e. The van der Waals surface area contributed by atoms with Crippen molar-refractivity contribution >= 4 is 77.3 Å². The predicted octanol–water partition coefficient (Wildman–Crippen LogP) is 18.7. The van der Waals surface area contributed by atoms with Crippen molar-refractivity contribution in [2.24, 2.45) is 0 Å². The van der Waals surface area contributed by atoms with Gasteiger partial charge in [0.05, 0.1) is 10.8 Å². The van der Waals surface area contributed by atoms with Gasteiger partial charge in [0, 0.05) is 82.1 Å². The fourth-order valence-electron chi connectivity index (χ4n) is 16.0. The van der Waals surface area contributed by atoms with Crippen LogP contribution in [0.15, 0.2) is 254 Å². The topological polar surface area (TPSA) is 12.5 Å². The number of hydrogen-bond donors (Lipinski definition) is 0. The number of rotatable bonds is 13. The third-order valence-electron chi connectivity index (χ3n) is 19.8. The lowest BCUT2D eigenvalue weighted by Gasteiger charge is -2.29. The Balaban J connectivity index is 0.802. The van der Waals surface area contributed by atoms with Crippen LogP contribution in [0.2, 0.25) is 0 Å². The van der Waals surface area contributed by atoms with Gasteiger partial charge in [-0.15, -0.1) is 0 Å². The molecule has 10 aromatic carbocycles. The molecule has 4 nitrogen and oxygen atoms in total. The number of allylic oxidation sites excluding steroid dienone is 8. The Bertz CT molecular complexity index is 4200. The molecule has 10 aromatic rings. The molecule has 84 heavy (non-hydrogen) atoms. The quantitative estimate of drug-likeness (QED) is 0.0843. The van der Waals surface area contributed by atoms with E-state index in [2.05, 4.69) is 317 Å². The van der Waals surface area contributed by atoms with Crippen molar-refractivity contribution in [2.45, 2.75) is 88.9 Å². The first kappa shape index (κ1) is 53.2. The zero-order chi connectivity index (χ0) is 57.5. The number of fused-ring (bicyclic) bond motifs is 12. The standard InChI is InChI=1S/C80H76N4/c1-77(2)69(39-25-41-71-79(5,53-55-27-11-9-12-28-55)75-63-37-21-17-33-59(63)43-47-65(75)81(71)7)83(67-49-45-57-31-15-19-35-61(57)73(67)77)51-23-24-52-84-68-50-46-58-32-16-20-36-62(58)74(68)78(3,4)70(84)40-26-42-72-80(6,54-56-29-13-10-14-30-56)76-64-38-22-18-34-60(64)44-48-66(76)82(72)8/h9-22,25-50H,23-24,51-54H2,1-8H3/q+2. The zero-order valence-electron chi connectivity index (χ0n) is 50.1. The van der Waals surface area contributed by atoms with E-state index in [1.807, 2.05) is 0 Å². The lowest BCUT2D eigenvalue weighted by atomic mass is 9.73. The van der Waals surface area contributed by atoms with Gasteiger partial charge in [-0.05, 0) is 141 Å². The molecule has 4 aliphatic rings. The van der Waals surface area contributed by atoms with E-state index in [0.29, 0.717) is 0 Å². The highest BCUT2D eigenvalue weighted by atomic mass is 15.2. The van der Waals surface area contributed by atoms with Crippen molar-refractivity contribution < 1.29 is 9.15 Å². The molecule has 0 N–H and O–H groups in total. The van der Waals surface area contributed by atoms with Gasteiger partial charge in [-0.3, -0.25) is 0 Å². The first-order valence-corrected chi connectivity index (χ1v) is 30.5. The van der Waals surface area contributed by atoms with Gasteiger partial charge in [0.25, 0.3) is 0 Å². The van der Waals surface area contributed by atoms with Crippen LogP contribution in [0.1, 0.15) is 87.8 Å². The lowest BCUT2D eigenvalue weighted by Crippen LogP contribution is -2.33. The number of unbranched alkanes of at least 4 members (excludes halogenated alkanes) is 1. The number of anilines is 2. The minimum atomic E-state index is -0.251. The SMILES string of the molecule is C[N+]1=C(/C=C/C=C2/N(CCCCN3/C(=C/C=C/C4=[N+](C)c5ccc6ccccc6c5C4(C)Cc4ccccc4)C(C)(C)c4c3ccc3ccccc43)c3ccc4ccccc4c3C2(C)C)C(C)(Cc2ccccc2)c2c1ccc1ccccc21. The summed E-state index contributed by atoms with van der Waals surface area (Å²) in [5, 5.41) is 10.5. The average Bonchev–Trinajstić information content (AvgIpc) is 2.19. The summed E-state index contributed by atoms with van der Waals surface area (Å²) in [6, 6.07) is 76.7. The third-order valence-corrected chi connectivity index (χ3v) is 19.8. The highest BCUT2D eigenvalue weighted by molar-refractivity contribution is 6.09. The number of benzene rings is 10. The minimum absolute atomic E-state index is 0.239. The van der Waals surface area contributed by atoms with Crippen LogP contribution in [-0.2, 0) is 34.5 Å². The average molecular weight is 1090 g/mol. The van der Waals surface area contributed by atoms with Crippen molar-refractivity contribution in [3.63, 3.8) is 0 Å². The predicted molar refractivity (Wildman–Crippen MR) is 357 cm³/mol. The molecule has 0 radical (unpaired) electrons. The van der Waals surface area contributed by atoms with E-state index in [9.17, 15) is 0 Å². The van der Waals surface area contributed by atoms with Crippen LogP contribution in [0.25, 0.3) is 43.1 Å². The second kappa shape index (κ2) is 20.5. The van der Waals surface area contributed by atoms with Crippen molar-refractivity contribution in [3.05, 3.63) is 287 Å². The second-order valence-electron chi connectivity index (χ2n) is 25.7. The van der Waals surface area contributed by atoms with Crippen molar-refractivity contribution in [1.82, 2.24) is 0 Å². The largest absolute Gasteiger partial charge is 0.344 e. The van der Waals surface area contributed by atoms with E-state index < -0.39 is 0 Å². The normalized spacial score (nSPS) is 20.5. The van der Waals surface area contributed by atoms with Gasteiger partial charge in [-0.25, -0.2) is 0 Å². The van der Waals surface area contributed by atoms with Crippen molar-refractivity contribution in [3.8, 4) is 0 Å². The smallest absolute Gasteiger partial charge is 0.210 e. The van der Waals surface area contributed by atoms with E-state index in [0.717, 1.165) is 38.8 Å². The van der Waals surface area contributed by atoms with E-state index in [1.165, 1.54) is 122 Å². The van der Waals surface area contributed by atoms with E-state index in [-0.39, 0.29) is 21.7 Å². The van der Waals surface area contributed by atoms with E-state index in [4.69, 9.17) is 0 Å². The van der Waals surface area contributed by atoms with Crippen molar-refractivity contribution in [1.29, 1.82) is 0 Å². The number of nitrogens with zero attached hydrogens (tertiary/aromatic N) is 4. The molecule has 2 unspecified atom stereocenters. The number of hydrogen-bond acceptors (Lipinski definition) is 2. The molecular formula is C80H76N4+2. The van der Waals surface area contributed by atoms with Gasteiger partial charge in [0.2, 0.25) is 11.4 Å². The summed E-state index contributed by atoms with van der Waals surface area (Å²) in [6.45, 7) is 16.5. The van der Waals surface area contributed by atoms with Crippen LogP contribution in [-0.4, -0.2) is 47.8 Å². The molecule has 0 fully saturated rings. The molecule has 4 heterocycles. The molecule has 14 rings (SSSR count). The molecule has 2 atom stereocenters. The van der Waals surface area contributed by atoms with Gasteiger partial charge in [-0.1, -0.05) is 210 Å². The Morgan fingerprint density at radius 3 is 1.05 bits per heavy atom. The fraction of sp³-hybridized carbons (Fsp3) is 0.225. The summed E-state index contributed by atoms with van der Waals surface area (Å²) in [5.74, 6) is 0. The van der Waals surface area contributed by atoms with Gasteiger partial charge in [0.1, 0.15) is 14.1 Å². The molecule has 4 aliphatic heterocycles. The zero-order valence-corrected chi connectivity index (χ0v) is 50.1. The van der Waals surface area contributed by atoms with Gasteiger partial charge in [0.15, 0.2) is 11.4 Å². The molecule has 4 heteroatoms. The maximum Gasteiger partial charge on any atom is 0.210 e. The Morgan fingerprint density at radius 2 is 0.679 bits per heavy atom. The van der Waals surface area contributed by atoms with Gasteiger partial charge in [-0.2, -0.15) is 9.15 Å². The van der Waals surface area contributed by atoms with Crippen LogP contribution < -0.4 is 9.80 Å². The summed E-state index contributed by atoms with van der Waals surface area (Å²) >= 11 is 0. The second-order valence-corrected chi connectivity index (χ2v) is 25.7. The van der Waals surface area contributed by atoms with Crippen LogP contribution in [0, 0.1) is 0 Å². The third kappa shape index (κ3) is 8.46. The Labute approximate surface area is 497 Å². The van der Waals surface area contributed by atoms with Crippen LogP contribution >= 0.6 is 0 Å². The van der Waals surface area contributed by atoms with Crippen LogP contribution in [0.3, 0.4) is 0 Å². The van der Waals surface area contributed by atoms with Crippen LogP contribution in [0.5, 0.6) is 0 Å². The Kier molecular flexibility index (Phi) is 13.0. The molecule has 0 aromatic heterocycles. The summed E-state index contributed by atoms with van der Waals surface area (Å²) in [6.07, 6.45) is 18.3. The molecule has 0 amide bonds. The first-order valence-electron chi connectivity index (χ1n) is 30.5. The monoisotopic (exact) mass is 1090 g/mol. The van der Waals surface area contributed by atoms with Crippen molar-refractivity contribution in [2.75, 3.05) is 37.0 Å². The molecule has 0 saturated heterocycles. The molecule has 0 aliphatic carbocycles. The highest BCUT2D eigenvalue weighted by Crippen LogP contribution is 2.54. The summed E-state index contributed by atoms with van der Waals surface area (Å²) in [7, 11) is 4.53. The molecule has 0 spiro atoms. The Hall–Kier alpha value is -8.86. The van der Waals surface area contributed by atoms with E-state index >= 15 is 0 Å². The molecular weight excluding hydrogens is 1020 g/mol. The maximum atomic E-state index is 2.67. The molecule has 414 valence electrons. The first-order chi connectivity index (χ1) is 40.8. The fourth-order valence-corrected chi connectivity index (χ4v) is 16.0. The Morgan fingerprint density at radius 1 is 0.357 bits per heavy atom. The molecule has 0 saturated carbocycles. The van der Waals surface area contributed by atoms with Gasteiger partial charge < -0.3 is 9.80 Å². The van der Waals surface area contributed by atoms with Crippen LogP contribution in [0.4, 0.5) is 22.7 Å². The summed E-state index contributed by atoms with van der Waals surface area (Å²) in [4.78, 5) is 5.33. The summed E-state index contributed by atoms with van der Waals surface area (Å²) < 4.78 is 4.91. The highest BCUT2D eigenvalue weighted by Gasteiger charge is 2.50. The maximum absolute atomic E-state index is 2.67. The molecule has 0 bridgehead atoms. The summed E-state index contributed by atoms with van der Waals surface area (Å²) in [5.41, 5.74) is 17.9. The van der Waals surface area contributed by atoms with E-state index in [1.54, 1.807) is 0 Å². The lowest BCUT2D eigenvalue weighted by molar-refractivity contribution is -0.401.